The van der Waals surface area contributed by atoms with Crippen LogP contribution in [0.5, 0.6) is 0 Å². The van der Waals surface area contributed by atoms with Crippen molar-refractivity contribution >= 4 is 5.78 Å². The molecule has 0 aromatic rings. The van der Waals surface area contributed by atoms with Crippen molar-refractivity contribution in [3.8, 4) is 0 Å². The van der Waals surface area contributed by atoms with Gasteiger partial charge in [0.25, 0.3) is 0 Å². The van der Waals surface area contributed by atoms with E-state index in [-0.39, 0.29) is 12.5 Å². The van der Waals surface area contributed by atoms with E-state index in [0.717, 1.165) is 0 Å². The molecule has 0 aliphatic carbocycles. The van der Waals surface area contributed by atoms with E-state index in [1.807, 2.05) is 0 Å². The van der Waals surface area contributed by atoms with E-state index in [1.165, 1.54) is 0 Å². The highest BCUT2D eigenvalue weighted by atomic mass is 19.1. The molecule has 1 rings (SSSR count). The van der Waals surface area contributed by atoms with Gasteiger partial charge in [-0.25, -0.2) is 4.39 Å². The van der Waals surface area contributed by atoms with Crippen LogP contribution in [0.1, 0.15) is 6.92 Å². The van der Waals surface area contributed by atoms with Gasteiger partial charge >= 0.3 is 0 Å². The molecule has 0 radical (unpaired) electrons. The summed E-state index contributed by atoms with van der Waals surface area (Å²) >= 11 is 0. The van der Waals surface area contributed by atoms with Crippen LogP contribution in [0.15, 0.2) is 0 Å². The molecule has 64 valence electrons. The Bertz CT molecular complexity index is 160. The molecule has 1 aliphatic rings. The summed E-state index contributed by atoms with van der Waals surface area (Å²) in [5.74, 6) is -1.22. The zero-order chi connectivity index (χ0) is 8.43. The number of ether oxygens (including phenoxy) is 1. The Kier molecular flexibility index (Phi) is 2.57. The fourth-order valence-corrected chi connectivity index (χ4v) is 1.19. The van der Waals surface area contributed by atoms with Crippen molar-refractivity contribution in [1.82, 2.24) is 0 Å². The van der Waals surface area contributed by atoms with Crippen LogP contribution in [-0.4, -0.2) is 30.5 Å². The minimum absolute atomic E-state index is 0.144. The van der Waals surface area contributed by atoms with E-state index < -0.39 is 24.7 Å². The predicted molar refractivity (Wildman–Crippen MR) is 35.6 cm³/mol. The van der Waals surface area contributed by atoms with E-state index in [9.17, 15) is 9.18 Å². The van der Waals surface area contributed by atoms with E-state index >= 15 is 0 Å². The topological polar surface area (TPSA) is 46.5 Å². The molecule has 0 spiro atoms. The molecule has 0 aromatic carbocycles. The van der Waals surface area contributed by atoms with Gasteiger partial charge in [-0.05, 0) is 0 Å². The van der Waals surface area contributed by atoms with Crippen molar-refractivity contribution in [2.24, 2.45) is 11.8 Å². The molecule has 0 bridgehead atoms. The third-order valence-electron chi connectivity index (χ3n) is 2.08. The molecular formula is C7H11FO3. The van der Waals surface area contributed by atoms with Crippen molar-refractivity contribution in [1.29, 1.82) is 0 Å². The second-order valence-corrected chi connectivity index (χ2v) is 2.79. The quantitative estimate of drug-likeness (QED) is 0.627. The SMILES string of the molecule is C[C@H]1[C@@H](O)OC[C@H]1C(=O)CF. The zero-order valence-corrected chi connectivity index (χ0v) is 6.29. The van der Waals surface area contributed by atoms with Gasteiger partial charge in [0.15, 0.2) is 12.1 Å². The number of hydrogen-bond donors (Lipinski definition) is 1. The summed E-state index contributed by atoms with van der Waals surface area (Å²) in [7, 11) is 0. The molecule has 1 aliphatic heterocycles. The first-order valence-corrected chi connectivity index (χ1v) is 3.55. The average molecular weight is 162 g/mol. The molecule has 1 fully saturated rings. The molecule has 3 atom stereocenters. The lowest BCUT2D eigenvalue weighted by Gasteiger charge is -2.10. The fourth-order valence-electron chi connectivity index (χ4n) is 1.19. The number of carbonyl (C=O) groups excluding carboxylic acids is 1. The normalized spacial score (nSPS) is 37.5. The number of alkyl halides is 1. The third-order valence-corrected chi connectivity index (χ3v) is 2.08. The predicted octanol–water partition coefficient (Wildman–Crippen LogP) is 0.126. The largest absolute Gasteiger partial charge is 0.368 e. The maximum Gasteiger partial charge on any atom is 0.169 e. The van der Waals surface area contributed by atoms with Crippen LogP contribution in [0, 0.1) is 11.8 Å². The Morgan fingerprint density at radius 3 is 2.82 bits per heavy atom. The Morgan fingerprint density at radius 1 is 1.82 bits per heavy atom. The Balaban J connectivity index is 2.54. The molecule has 0 amide bonds. The van der Waals surface area contributed by atoms with Crippen molar-refractivity contribution in [3.05, 3.63) is 0 Å². The highest BCUT2D eigenvalue weighted by Gasteiger charge is 2.36. The van der Waals surface area contributed by atoms with Gasteiger partial charge in [-0.2, -0.15) is 0 Å². The molecule has 1 saturated heterocycles. The summed E-state index contributed by atoms with van der Waals surface area (Å²) in [6.45, 7) is 0.853. The standard InChI is InChI=1S/C7H11FO3/c1-4-5(6(9)2-8)3-11-7(4)10/h4-5,7,10H,2-3H2,1H3/t4-,5-,7+/m1/s1. The van der Waals surface area contributed by atoms with E-state index in [2.05, 4.69) is 0 Å². The van der Waals surface area contributed by atoms with Crippen molar-refractivity contribution in [2.75, 3.05) is 13.3 Å². The summed E-state index contributed by atoms with van der Waals surface area (Å²) in [6, 6.07) is 0. The van der Waals surface area contributed by atoms with Gasteiger partial charge in [-0.15, -0.1) is 0 Å². The van der Waals surface area contributed by atoms with Gasteiger partial charge in [0, 0.05) is 5.92 Å². The van der Waals surface area contributed by atoms with Gasteiger partial charge in [-0.1, -0.05) is 6.92 Å². The molecule has 0 saturated carbocycles. The highest BCUT2D eigenvalue weighted by Crippen LogP contribution is 2.25. The van der Waals surface area contributed by atoms with Crippen LogP contribution in [0.4, 0.5) is 4.39 Å². The molecule has 4 heteroatoms. The van der Waals surface area contributed by atoms with Crippen LogP contribution in [0.25, 0.3) is 0 Å². The van der Waals surface area contributed by atoms with Crippen molar-refractivity contribution < 1.29 is 19.0 Å². The number of hydrogen-bond acceptors (Lipinski definition) is 3. The van der Waals surface area contributed by atoms with Gasteiger partial charge in [-0.3, -0.25) is 4.79 Å². The average Bonchev–Trinajstić information content (AvgIpc) is 2.32. The number of rotatable bonds is 2. The number of aliphatic hydroxyl groups is 1. The number of carbonyl (C=O) groups is 1. The van der Waals surface area contributed by atoms with E-state index in [1.54, 1.807) is 6.92 Å². The Labute approximate surface area is 64.2 Å². The molecule has 0 unspecified atom stereocenters. The first-order valence-electron chi connectivity index (χ1n) is 3.55. The second kappa shape index (κ2) is 3.28. The van der Waals surface area contributed by atoms with Crippen LogP contribution in [0.2, 0.25) is 0 Å². The maximum atomic E-state index is 11.9. The first-order chi connectivity index (χ1) is 5.16. The third kappa shape index (κ3) is 1.57. The maximum absolute atomic E-state index is 11.9. The van der Waals surface area contributed by atoms with Crippen LogP contribution in [0.3, 0.4) is 0 Å². The monoisotopic (exact) mass is 162 g/mol. The smallest absolute Gasteiger partial charge is 0.169 e. The molecule has 1 heterocycles. The molecular weight excluding hydrogens is 151 g/mol. The minimum Gasteiger partial charge on any atom is -0.368 e. The van der Waals surface area contributed by atoms with Crippen LogP contribution >= 0.6 is 0 Å². The minimum atomic E-state index is -0.967. The Morgan fingerprint density at radius 2 is 2.45 bits per heavy atom. The lowest BCUT2D eigenvalue weighted by Crippen LogP contribution is -2.24. The van der Waals surface area contributed by atoms with Crippen molar-refractivity contribution in [2.45, 2.75) is 13.2 Å². The first kappa shape index (κ1) is 8.62. The number of Topliss-reactive ketones (excluding diaryl/α,β-unsaturated/α-hetero) is 1. The van der Waals surface area contributed by atoms with Crippen molar-refractivity contribution in [3.63, 3.8) is 0 Å². The van der Waals surface area contributed by atoms with Crippen LogP contribution in [-0.2, 0) is 9.53 Å². The molecule has 0 aromatic heterocycles. The van der Waals surface area contributed by atoms with E-state index in [4.69, 9.17) is 9.84 Å². The van der Waals surface area contributed by atoms with Gasteiger partial charge in [0.2, 0.25) is 0 Å². The molecule has 11 heavy (non-hydrogen) atoms. The summed E-state index contributed by atoms with van der Waals surface area (Å²) < 4.78 is 16.6. The number of halogens is 1. The van der Waals surface area contributed by atoms with Gasteiger partial charge in [0.05, 0.1) is 12.5 Å². The summed E-state index contributed by atoms with van der Waals surface area (Å²) in [6.07, 6.45) is -0.907. The van der Waals surface area contributed by atoms with E-state index in [0.29, 0.717) is 0 Å². The highest BCUT2D eigenvalue weighted by molar-refractivity contribution is 5.82. The summed E-state index contributed by atoms with van der Waals surface area (Å²) in [5.41, 5.74) is 0. The fraction of sp³-hybridized carbons (Fsp3) is 0.857. The lowest BCUT2D eigenvalue weighted by atomic mass is 9.93. The zero-order valence-electron chi connectivity index (χ0n) is 6.29. The molecule has 3 nitrogen and oxygen atoms in total. The van der Waals surface area contributed by atoms with Gasteiger partial charge in [0.1, 0.15) is 6.67 Å². The summed E-state index contributed by atoms with van der Waals surface area (Å²) in [4.78, 5) is 10.8. The number of ketones is 1. The lowest BCUT2D eigenvalue weighted by molar-refractivity contribution is -0.124. The Hall–Kier alpha value is -0.480. The number of aliphatic hydroxyl groups excluding tert-OH is 1. The van der Waals surface area contributed by atoms with Crippen LogP contribution < -0.4 is 0 Å². The summed E-state index contributed by atoms with van der Waals surface area (Å²) in [5, 5.41) is 9.02. The second-order valence-electron chi connectivity index (χ2n) is 2.79. The van der Waals surface area contributed by atoms with Gasteiger partial charge < -0.3 is 9.84 Å². The molecule has 1 N–H and O–H groups in total.